The number of carbonyl (C=O) groups excluding carboxylic acids is 1. The number of fused-ring (bicyclic) bond motifs is 1. The normalized spacial score (nSPS) is 22.3. The van der Waals surface area contributed by atoms with E-state index in [-0.39, 0.29) is 30.1 Å². The molecule has 0 unspecified atom stereocenters. The van der Waals surface area contributed by atoms with Gasteiger partial charge in [0.25, 0.3) is 11.5 Å². The van der Waals surface area contributed by atoms with Gasteiger partial charge in [0.05, 0.1) is 30.9 Å². The van der Waals surface area contributed by atoms with Gasteiger partial charge >= 0.3 is 0 Å². The number of rotatable bonds is 7. The molecule has 0 spiro atoms. The third-order valence-electron chi connectivity index (χ3n) is 7.74. The molecule has 3 aromatic rings. The monoisotopic (exact) mass is 538 g/mol. The van der Waals surface area contributed by atoms with Crippen molar-refractivity contribution in [2.45, 2.75) is 64.4 Å². The van der Waals surface area contributed by atoms with Crippen LogP contribution in [0, 0.1) is 19.3 Å². The highest BCUT2D eigenvalue weighted by Gasteiger charge is 2.41. The van der Waals surface area contributed by atoms with Gasteiger partial charge in [0.2, 0.25) is 0 Å². The first-order valence-electron chi connectivity index (χ1n) is 13.2. The molecule has 0 saturated carbocycles. The fraction of sp³-hybridized carbons (Fsp3) is 0.517. The third kappa shape index (κ3) is 5.04. The Kier molecular flexibility index (Phi) is 7.48. The van der Waals surface area contributed by atoms with Crippen molar-refractivity contribution in [2.24, 2.45) is 5.41 Å². The number of ether oxygens (including phenoxy) is 2. The van der Waals surface area contributed by atoms with Gasteiger partial charge in [-0.3, -0.25) is 14.5 Å². The Bertz CT molecular complexity index is 1400. The van der Waals surface area contributed by atoms with E-state index in [0.29, 0.717) is 29.8 Å². The van der Waals surface area contributed by atoms with E-state index in [2.05, 4.69) is 40.5 Å². The van der Waals surface area contributed by atoms with Crippen LogP contribution in [-0.2, 0) is 16.0 Å². The number of aromatic nitrogens is 2. The molecule has 4 heterocycles. The summed E-state index contributed by atoms with van der Waals surface area (Å²) in [5.41, 5.74) is 3.97. The second kappa shape index (κ2) is 10.5. The van der Waals surface area contributed by atoms with E-state index < -0.39 is 6.29 Å². The number of H-pyrrole nitrogens is 1. The number of nitrogens with zero attached hydrogens (tertiary/aromatic N) is 2. The Balaban J connectivity index is 1.35. The number of carbonyl (C=O) groups is 1. The first-order valence-corrected chi connectivity index (χ1v) is 14.4. The summed E-state index contributed by atoms with van der Waals surface area (Å²) in [5, 5.41) is 3.87. The van der Waals surface area contributed by atoms with E-state index in [1.165, 1.54) is 11.8 Å². The average Bonchev–Trinajstić information content (AvgIpc) is 3.17. The van der Waals surface area contributed by atoms with Crippen LogP contribution in [0.2, 0.25) is 0 Å². The zero-order valence-electron chi connectivity index (χ0n) is 23.1. The van der Waals surface area contributed by atoms with Crippen molar-refractivity contribution in [3.8, 4) is 0 Å². The average molecular weight is 539 g/mol. The van der Waals surface area contributed by atoms with Crippen LogP contribution < -0.4 is 10.9 Å². The van der Waals surface area contributed by atoms with E-state index in [9.17, 15) is 9.59 Å². The van der Waals surface area contributed by atoms with Crippen molar-refractivity contribution in [3.63, 3.8) is 0 Å². The summed E-state index contributed by atoms with van der Waals surface area (Å²) in [6.45, 7) is 14.0. The maximum atomic E-state index is 13.5. The van der Waals surface area contributed by atoms with Crippen molar-refractivity contribution in [3.05, 3.63) is 63.2 Å². The number of benzene rings is 1. The van der Waals surface area contributed by atoms with Crippen molar-refractivity contribution >= 4 is 28.6 Å². The lowest BCUT2D eigenvalue weighted by Crippen LogP contribution is -2.61. The quantitative estimate of drug-likeness (QED) is 0.438. The first kappa shape index (κ1) is 27.0. The Hall–Kier alpha value is -2.59. The van der Waals surface area contributed by atoms with Gasteiger partial charge in [-0.05, 0) is 44.6 Å². The predicted molar refractivity (Wildman–Crippen MR) is 151 cm³/mol. The minimum atomic E-state index is -0.402. The van der Waals surface area contributed by atoms with Gasteiger partial charge < -0.3 is 24.3 Å². The molecule has 5 rings (SSSR count). The highest BCUT2D eigenvalue weighted by atomic mass is 32.2. The predicted octanol–water partition coefficient (Wildman–Crippen LogP) is 4.24. The number of nitrogens with one attached hydrogen (secondary N) is 2. The minimum absolute atomic E-state index is 0.127. The highest BCUT2D eigenvalue weighted by Crippen LogP contribution is 2.35. The zero-order chi connectivity index (χ0) is 27.2. The van der Waals surface area contributed by atoms with Gasteiger partial charge in [0.15, 0.2) is 6.29 Å². The molecule has 2 aliphatic rings. The van der Waals surface area contributed by atoms with Crippen LogP contribution in [0.15, 0.2) is 40.0 Å². The number of likely N-dealkylation sites (tertiary alicyclic amines) is 1. The van der Waals surface area contributed by atoms with Crippen LogP contribution in [0.3, 0.4) is 0 Å². The molecule has 204 valence electrons. The molecule has 1 atom stereocenters. The fourth-order valence-electron chi connectivity index (χ4n) is 5.93. The SMILES string of the molecule is CSc1cc(C)[nH]c(=O)c1CNC(=O)c1c(C)n([C@H](C)C2OCC(N3CC(C)(C)C3)CO2)c2ccccc12. The molecular weight excluding hydrogens is 500 g/mol. The number of pyridine rings is 1. The zero-order valence-corrected chi connectivity index (χ0v) is 23.9. The summed E-state index contributed by atoms with van der Waals surface area (Å²) in [6.07, 6.45) is 1.53. The van der Waals surface area contributed by atoms with Gasteiger partial charge in [-0.15, -0.1) is 11.8 Å². The molecule has 0 aliphatic carbocycles. The van der Waals surface area contributed by atoms with Crippen LogP contribution in [0.25, 0.3) is 10.9 Å². The molecule has 2 aliphatic heterocycles. The fourth-order valence-corrected chi connectivity index (χ4v) is 6.63. The number of aromatic amines is 1. The first-order chi connectivity index (χ1) is 18.1. The molecule has 8 nitrogen and oxygen atoms in total. The molecule has 1 amide bonds. The number of para-hydroxylation sites is 1. The Morgan fingerprint density at radius 2 is 1.89 bits per heavy atom. The van der Waals surface area contributed by atoms with Gasteiger partial charge in [0, 0.05) is 52.4 Å². The largest absolute Gasteiger partial charge is 0.349 e. The van der Waals surface area contributed by atoms with Crippen molar-refractivity contribution in [1.29, 1.82) is 0 Å². The van der Waals surface area contributed by atoms with Crippen LogP contribution in [0.5, 0.6) is 0 Å². The van der Waals surface area contributed by atoms with Gasteiger partial charge in [0.1, 0.15) is 0 Å². The number of thioether (sulfide) groups is 1. The molecule has 2 fully saturated rings. The summed E-state index contributed by atoms with van der Waals surface area (Å²) in [5.74, 6) is -0.206. The molecule has 1 aromatic carbocycles. The topological polar surface area (TPSA) is 88.6 Å². The van der Waals surface area contributed by atoms with Crippen LogP contribution in [0.1, 0.15) is 54.1 Å². The summed E-state index contributed by atoms with van der Waals surface area (Å²) in [6, 6.07) is 10.0. The Morgan fingerprint density at radius 1 is 1.21 bits per heavy atom. The second-order valence-corrected chi connectivity index (χ2v) is 12.2. The molecule has 38 heavy (non-hydrogen) atoms. The molecule has 0 radical (unpaired) electrons. The van der Waals surface area contributed by atoms with Crippen LogP contribution in [0.4, 0.5) is 0 Å². The maximum Gasteiger partial charge on any atom is 0.254 e. The highest BCUT2D eigenvalue weighted by molar-refractivity contribution is 7.98. The molecule has 2 aromatic heterocycles. The number of aryl methyl sites for hydroxylation is 1. The smallest absolute Gasteiger partial charge is 0.254 e. The Morgan fingerprint density at radius 3 is 2.55 bits per heavy atom. The van der Waals surface area contributed by atoms with Crippen LogP contribution in [-0.4, -0.2) is 65.2 Å². The number of hydrogen-bond acceptors (Lipinski definition) is 6. The van der Waals surface area contributed by atoms with E-state index in [1.54, 1.807) is 0 Å². The van der Waals surface area contributed by atoms with E-state index in [1.807, 2.05) is 50.4 Å². The van der Waals surface area contributed by atoms with E-state index in [0.717, 1.165) is 40.3 Å². The summed E-state index contributed by atoms with van der Waals surface area (Å²) < 4.78 is 14.6. The summed E-state index contributed by atoms with van der Waals surface area (Å²) >= 11 is 1.50. The lowest BCUT2D eigenvalue weighted by atomic mass is 9.83. The molecule has 9 heteroatoms. The second-order valence-electron chi connectivity index (χ2n) is 11.4. The lowest BCUT2D eigenvalue weighted by Gasteiger charge is -2.51. The molecule has 2 saturated heterocycles. The van der Waals surface area contributed by atoms with Crippen molar-refractivity contribution in [2.75, 3.05) is 32.6 Å². The minimum Gasteiger partial charge on any atom is -0.349 e. The van der Waals surface area contributed by atoms with Gasteiger partial charge in [-0.2, -0.15) is 0 Å². The van der Waals surface area contributed by atoms with Crippen molar-refractivity contribution < 1.29 is 14.3 Å². The van der Waals surface area contributed by atoms with E-state index >= 15 is 0 Å². The lowest BCUT2D eigenvalue weighted by molar-refractivity contribution is -0.231. The van der Waals surface area contributed by atoms with Gasteiger partial charge in [-0.25, -0.2) is 0 Å². The molecular formula is C29H38N4O4S. The Labute approximate surface area is 228 Å². The molecule has 2 N–H and O–H groups in total. The number of amides is 1. The third-order valence-corrected chi connectivity index (χ3v) is 8.55. The summed E-state index contributed by atoms with van der Waals surface area (Å²) in [7, 11) is 0. The molecule has 0 bridgehead atoms. The standard InChI is InChI=1S/C29H38N4O4S/c1-17-11-24(38-6)22(26(34)31-17)12-30-27(35)25-18(2)33(23-10-8-7-9-21(23)25)19(3)28-36-13-20(14-37-28)32-15-29(4,5)16-32/h7-11,19-20,28H,12-16H2,1-6H3,(H,30,35)(H,31,34)/t19-,20?,28?/m1/s1. The maximum absolute atomic E-state index is 13.5. The van der Waals surface area contributed by atoms with E-state index in [4.69, 9.17) is 9.47 Å². The van der Waals surface area contributed by atoms with Crippen LogP contribution >= 0.6 is 11.8 Å². The van der Waals surface area contributed by atoms with Crippen molar-refractivity contribution in [1.82, 2.24) is 19.8 Å². The van der Waals surface area contributed by atoms with Gasteiger partial charge in [-0.1, -0.05) is 32.0 Å². The summed E-state index contributed by atoms with van der Waals surface area (Å²) in [4.78, 5) is 32.3. The number of hydrogen-bond donors (Lipinski definition) is 2.